The van der Waals surface area contributed by atoms with Crippen LogP contribution in [-0.2, 0) is 4.79 Å². The van der Waals surface area contributed by atoms with Crippen molar-refractivity contribution < 1.29 is 23.5 Å². The van der Waals surface area contributed by atoms with Crippen molar-refractivity contribution in [1.29, 1.82) is 0 Å². The van der Waals surface area contributed by atoms with Crippen LogP contribution in [0.15, 0.2) is 36.4 Å². The predicted molar refractivity (Wildman–Crippen MR) is 134 cm³/mol. The minimum Gasteiger partial charge on any atom is -0.490 e. The van der Waals surface area contributed by atoms with E-state index < -0.39 is 5.82 Å². The fourth-order valence-corrected chi connectivity index (χ4v) is 4.62. The molecule has 0 saturated carbocycles. The second-order valence-corrected chi connectivity index (χ2v) is 8.99. The topological polar surface area (TPSA) is 71.1 Å². The number of hydrogen-bond acceptors (Lipinski definition) is 5. The number of benzene rings is 2. The number of ether oxygens (including phenoxy) is 2. The maximum Gasteiger partial charge on any atom is 0.260 e. The molecule has 0 unspecified atom stereocenters. The van der Waals surface area contributed by atoms with Crippen LogP contribution in [0.2, 0.25) is 0 Å². The van der Waals surface area contributed by atoms with Gasteiger partial charge in [-0.05, 0) is 81.8 Å². The van der Waals surface area contributed by atoms with E-state index in [9.17, 15) is 14.0 Å². The van der Waals surface area contributed by atoms with E-state index in [4.69, 9.17) is 9.47 Å². The largest absolute Gasteiger partial charge is 0.490 e. The van der Waals surface area contributed by atoms with Gasteiger partial charge < -0.3 is 24.6 Å². The monoisotopic (exact) mass is 483 g/mol. The first-order valence-electron chi connectivity index (χ1n) is 12.6. The van der Waals surface area contributed by atoms with Gasteiger partial charge in [-0.3, -0.25) is 9.59 Å². The van der Waals surface area contributed by atoms with Crippen molar-refractivity contribution in [3.05, 3.63) is 47.8 Å². The van der Waals surface area contributed by atoms with E-state index in [-0.39, 0.29) is 18.4 Å². The summed E-state index contributed by atoms with van der Waals surface area (Å²) in [5.41, 5.74) is 1.62. The Hall–Kier alpha value is -3.29. The van der Waals surface area contributed by atoms with Crippen molar-refractivity contribution in [2.75, 3.05) is 49.6 Å². The number of likely N-dealkylation sites (tertiary alicyclic amines) is 1. The van der Waals surface area contributed by atoms with Gasteiger partial charge in [-0.15, -0.1) is 0 Å². The third-order valence-corrected chi connectivity index (χ3v) is 6.47. The number of anilines is 2. The summed E-state index contributed by atoms with van der Waals surface area (Å²) < 4.78 is 25.5. The van der Waals surface area contributed by atoms with Crippen LogP contribution in [0.25, 0.3) is 0 Å². The number of carbonyl (C=O) groups is 2. The zero-order valence-electron chi connectivity index (χ0n) is 20.4. The summed E-state index contributed by atoms with van der Waals surface area (Å²) in [6.45, 7) is 5.43. The predicted octanol–water partition coefficient (Wildman–Crippen LogP) is 4.86. The van der Waals surface area contributed by atoms with Gasteiger partial charge in [-0.25, -0.2) is 4.39 Å². The standard InChI is InChI=1S/C27H34FN3O4/c1-2-34-25-17-20(9-12-24(25)35-19-26(32)31-15-7-4-8-16-31)27(33)29-22-18-21(28)10-11-23(22)30-13-5-3-6-14-30/h9-12,17-18H,2-8,13-16,19H2,1H3,(H,29,33). The van der Waals surface area contributed by atoms with E-state index in [2.05, 4.69) is 10.2 Å². The van der Waals surface area contributed by atoms with Gasteiger partial charge in [-0.1, -0.05) is 0 Å². The zero-order chi connectivity index (χ0) is 24.6. The third kappa shape index (κ3) is 6.44. The SMILES string of the molecule is CCOc1cc(C(=O)Nc2cc(F)ccc2N2CCCCC2)ccc1OCC(=O)N1CCCCC1. The Labute approximate surface area is 206 Å². The molecule has 2 amide bonds. The molecule has 1 N–H and O–H groups in total. The Balaban J connectivity index is 1.47. The lowest BCUT2D eigenvalue weighted by molar-refractivity contribution is -0.134. The number of nitrogens with one attached hydrogen (secondary N) is 1. The van der Waals surface area contributed by atoms with Crippen LogP contribution in [-0.4, -0.2) is 56.1 Å². The highest BCUT2D eigenvalue weighted by Gasteiger charge is 2.20. The minimum absolute atomic E-state index is 0.0506. The summed E-state index contributed by atoms with van der Waals surface area (Å²) in [4.78, 5) is 29.6. The molecule has 35 heavy (non-hydrogen) atoms. The molecule has 2 aliphatic rings. The Kier molecular flexibility index (Phi) is 8.45. The van der Waals surface area contributed by atoms with Crippen molar-refractivity contribution in [1.82, 2.24) is 4.90 Å². The molecule has 0 aromatic heterocycles. The highest BCUT2D eigenvalue weighted by atomic mass is 19.1. The molecular weight excluding hydrogens is 449 g/mol. The molecule has 8 heteroatoms. The maximum absolute atomic E-state index is 14.0. The van der Waals surface area contributed by atoms with Crippen molar-refractivity contribution in [2.24, 2.45) is 0 Å². The summed E-state index contributed by atoms with van der Waals surface area (Å²) in [6.07, 6.45) is 6.51. The second-order valence-electron chi connectivity index (χ2n) is 8.99. The van der Waals surface area contributed by atoms with E-state index in [0.717, 1.165) is 64.0 Å². The van der Waals surface area contributed by atoms with Gasteiger partial charge in [0.15, 0.2) is 18.1 Å². The summed E-state index contributed by atoms with van der Waals surface area (Å²) >= 11 is 0. The molecule has 2 aromatic carbocycles. The smallest absolute Gasteiger partial charge is 0.260 e. The van der Waals surface area contributed by atoms with E-state index >= 15 is 0 Å². The number of amides is 2. The number of halogens is 1. The van der Waals surface area contributed by atoms with Crippen LogP contribution in [0, 0.1) is 5.82 Å². The molecular formula is C27H34FN3O4. The molecule has 2 heterocycles. The van der Waals surface area contributed by atoms with Gasteiger partial charge in [-0.2, -0.15) is 0 Å². The van der Waals surface area contributed by atoms with E-state index in [1.165, 1.54) is 18.6 Å². The highest BCUT2D eigenvalue weighted by molar-refractivity contribution is 6.06. The van der Waals surface area contributed by atoms with Gasteiger partial charge in [0.1, 0.15) is 5.82 Å². The zero-order valence-corrected chi connectivity index (χ0v) is 20.4. The number of hydrogen-bond donors (Lipinski definition) is 1. The molecule has 0 radical (unpaired) electrons. The van der Waals surface area contributed by atoms with Crippen LogP contribution in [0.1, 0.15) is 55.8 Å². The van der Waals surface area contributed by atoms with E-state index in [0.29, 0.717) is 29.4 Å². The van der Waals surface area contributed by atoms with Crippen LogP contribution >= 0.6 is 0 Å². The lowest BCUT2D eigenvalue weighted by atomic mass is 10.1. The average molecular weight is 484 g/mol. The van der Waals surface area contributed by atoms with Crippen LogP contribution in [0.5, 0.6) is 11.5 Å². The number of nitrogens with zero attached hydrogens (tertiary/aromatic N) is 2. The van der Waals surface area contributed by atoms with Gasteiger partial charge in [0, 0.05) is 31.7 Å². The van der Waals surface area contributed by atoms with Crippen molar-refractivity contribution in [3.8, 4) is 11.5 Å². The van der Waals surface area contributed by atoms with Gasteiger partial charge >= 0.3 is 0 Å². The van der Waals surface area contributed by atoms with Crippen LogP contribution in [0.3, 0.4) is 0 Å². The molecule has 2 fully saturated rings. The summed E-state index contributed by atoms with van der Waals surface area (Å²) in [7, 11) is 0. The minimum atomic E-state index is -0.404. The van der Waals surface area contributed by atoms with Crippen molar-refractivity contribution in [3.63, 3.8) is 0 Å². The first kappa shape index (κ1) is 24.8. The maximum atomic E-state index is 14.0. The van der Waals surface area contributed by atoms with Gasteiger partial charge in [0.25, 0.3) is 11.8 Å². The van der Waals surface area contributed by atoms with E-state index in [1.54, 1.807) is 24.3 Å². The van der Waals surface area contributed by atoms with Gasteiger partial charge in [0.05, 0.1) is 18.0 Å². The fraction of sp³-hybridized carbons (Fsp3) is 0.481. The molecule has 2 aliphatic heterocycles. The summed E-state index contributed by atoms with van der Waals surface area (Å²) in [5.74, 6) is -0.0233. The Morgan fingerprint density at radius 2 is 1.60 bits per heavy atom. The molecule has 0 spiro atoms. The lowest BCUT2D eigenvalue weighted by Gasteiger charge is -2.30. The fourth-order valence-electron chi connectivity index (χ4n) is 4.62. The van der Waals surface area contributed by atoms with Crippen molar-refractivity contribution >= 4 is 23.2 Å². The Morgan fingerprint density at radius 1 is 0.886 bits per heavy atom. The molecule has 0 atom stereocenters. The molecule has 188 valence electrons. The number of rotatable bonds is 8. The molecule has 2 saturated heterocycles. The summed E-state index contributed by atoms with van der Waals surface area (Å²) in [5, 5.41) is 2.87. The first-order chi connectivity index (χ1) is 17.0. The first-order valence-corrected chi connectivity index (χ1v) is 12.6. The van der Waals surface area contributed by atoms with Crippen molar-refractivity contribution in [2.45, 2.75) is 45.4 Å². The Morgan fingerprint density at radius 3 is 2.31 bits per heavy atom. The molecule has 7 nitrogen and oxygen atoms in total. The van der Waals surface area contributed by atoms with Crippen LogP contribution in [0.4, 0.5) is 15.8 Å². The molecule has 4 rings (SSSR count). The summed E-state index contributed by atoms with van der Waals surface area (Å²) in [6, 6.07) is 9.36. The second kappa shape index (κ2) is 11.9. The lowest BCUT2D eigenvalue weighted by Crippen LogP contribution is -2.38. The quantitative estimate of drug-likeness (QED) is 0.581. The molecule has 0 aliphatic carbocycles. The third-order valence-electron chi connectivity index (χ3n) is 6.47. The normalized spacial score (nSPS) is 16.1. The number of piperidine rings is 2. The van der Waals surface area contributed by atoms with Gasteiger partial charge in [0.2, 0.25) is 0 Å². The Bertz CT molecular complexity index is 1030. The average Bonchev–Trinajstić information content (AvgIpc) is 2.89. The van der Waals surface area contributed by atoms with Crippen LogP contribution < -0.4 is 19.7 Å². The number of carbonyl (C=O) groups excluding carboxylic acids is 2. The molecule has 2 aromatic rings. The highest BCUT2D eigenvalue weighted by Crippen LogP contribution is 2.32. The molecule has 0 bridgehead atoms. The van der Waals surface area contributed by atoms with E-state index in [1.807, 2.05) is 11.8 Å².